The molecule has 2 N–H and O–H groups in total. The van der Waals surface area contributed by atoms with Gasteiger partial charge in [0, 0.05) is 12.0 Å². The lowest BCUT2D eigenvalue weighted by atomic mass is 10.1. The summed E-state index contributed by atoms with van der Waals surface area (Å²) in [7, 11) is 1.62. The lowest BCUT2D eigenvalue weighted by Crippen LogP contribution is -2.41. The molecule has 1 aliphatic heterocycles. The summed E-state index contributed by atoms with van der Waals surface area (Å²) in [4.78, 5) is 31.6. The van der Waals surface area contributed by atoms with Gasteiger partial charge in [0.25, 0.3) is 0 Å². The summed E-state index contributed by atoms with van der Waals surface area (Å²) < 4.78 is 5.14. The van der Waals surface area contributed by atoms with Crippen molar-refractivity contribution in [2.24, 2.45) is 0 Å². The molecule has 24 heavy (non-hydrogen) atoms. The number of benzene rings is 1. The molecule has 7 heteroatoms. The van der Waals surface area contributed by atoms with Gasteiger partial charge >= 0.3 is 0 Å². The van der Waals surface area contributed by atoms with Crippen molar-refractivity contribution in [3.05, 3.63) is 42.4 Å². The van der Waals surface area contributed by atoms with Crippen molar-refractivity contribution in [3.63, 3.8) is 0 Å². The fraction of sp³-hybridized carbons (Fsp3) is 0.294. The normalized spacial score (nSPS) is 16.5. The average molecular weight is 326 g/mol. The smallest absolute Gasteiger partial charge is 0.242 e. The quantitative estimate of drug-likeness (QED) is 0.856. The van der Waals surface area contributed by atoms with Crippen molar-refractivity contribution >= 4 is 11.8 Å². The first kappa shape index (κ1) is 15.9. The average Bonchev–Trinajstić information content (AvgIpc) is 3.06. The van der Waals surface area contributed by atoms with Gasteiger partial charge in [0.1, 0.15) is 18.1 Å². The molecule has 7 nitrogen and oxygen atoms in total. The number of amides is 2. The third-order valence-corrected chi connectivity index (χ3v) is 3.87. The number of hydrogen-bond acceptors (Lipinski definition) is 5. The van der Waals surface area contributed by atoms with E-state index in [1.807, 2.05) is 30.3 Å². The molecule has 1 unspecified atom stereocenters. The van der Waals surface area contributed by atoms with Crippen LogP contribution in [0.2, 0.25) is 0 Å². The van der Waals surface area contributed by atoms with Crippen LogP contribution < -0.4 is 15.4 Å². The number of ether oxygens (including phenoxy) is 1. The van der Waals surface area contributed by atoms with E-state index in [2.05, 4.69) is 20.6 Å². The number of carbonyl (C=O) groups excluding carboxylic acids is 2. The molecule has 1 aliphatic rings. The van der Waals surface area contributed by atoms with E-state index in [0.717, 1.165) is 17.0 Å². The number of methoxy groups -OCH3 is 1. The highest BCUT2D eigenvalue weighted by atomic mass is 16.5. The van der Waals surface area contributed by atoms with E-state index < -0.39 is 6.04 Å². The number of nitrogens with one attached hydrogen (secondary N) is 2. The summed E-state index contributed by atoms with van der Waals surface area (Å²) in [6, 6.07) is 8.94. The number of hydrogen-bond donors (Lipinski definition) is 2. The Morgan fingerprint density at radius 2 is 2.12 bits per heavy atom. The van der Waals surface area contributed by atoms with Crippen molar-refractivity contribution in [2.45, 2.75) is 25.4 Å². The van der Waals surface area contributed by atoms with E-state index >= 15 is 0 Å². The topological polar surface area (TPSA) is 93.2 Å². The molecule has 1 saturated heterocycles. The predicted molar refractivity (Wildman–Crippen MR) is 87.0 cm³/mol. The van der Waals surface area contributed by atoms with Crippen LogP contribution in [0.15, 0.2) is 36.7 Å². The van der Waals surface area contributed by atoms with Gasteiger partial charge in [-0.05, 0) is 36.8 Å². The van der Waals surface area contributed by atoms with Crippen LogP contribution in [-0.4, -0.2) is 34.9 Å². The maximum atomic E-state index is 12.0. The van der Waals surface area contributed by atoms with E-state index in [9.17, 15) is 9.59 Å². The van der Waals surface area contributed by atoms with Crippen LogP contribution >= 0.6 is 0 Å². The van der Waals surface area contributed by atoms with E-state index in [0.29, 0.717) is 18.5 Å². The maximum Gasteiger partial charge on any atom is 0.242 e. The third kappa shape index (κ3) is 3.68. The minimum atomic E-state index is -0.444. The molecule has 1 fully saturated rings. The first-order valence-electron chi connectivity index (χ1n) is 7.68. The Kier molecular flexibility index (Phi) is 4.69. The Labute approximate surface area is 139 Å². The molecule has 0 bridgehead atoms. The molecule has 3 rings (SSSR count). The van der Waals surface area contributed by atoms with Crippen LogP contribution in [0.5, 0.6) is 5.75 Å². The van der Waals surface area contributed by atoms with Gasteiger partial charge in [-0.15, -0.1) is 0 Å². The Morgan fingerprint density at radius 3 is 2.79 bits per heavy atom. The molecular weight excluding hydrogens is 308 g/mol. The van der Waals surface area contributed by atoms with E-state index in [1.54, 1.807) is 7.11 Å². The van der Waals surface area contributed by atoms with Gasteiger partial charge in [-0.2, -0.15) is 0 Å². The first-order chi connectivity index (χ1) is 11.7. The van der Waals surface area contributed by atoms with E-state index in [1.165, 1.54) is 6.33 Å². The van der Waals surface area contributed by atoms with Gasteiger partial charge in [-0.1, -0.05) is 0 Å². The van der Waals surface area contributed by atoms with Gasteiger partial charge in [0.05, 0.1) is 25.0 Å². The second-order valence-corrected chi connectivity index (χ2v) is 5.50. The molecule has 2 heterocycles. The molecule has 0 saturated carbocycles. The van der Waals surface area contributed by atoms with E-state index in [4.69, 9.17) is 4.74 Å². The Balaban J connectivity index is 1.64. The zero-order valence-corrected chi connectivity index (χ0v) is 13.3. The second kappa shape index (κ2) is 7.08. The van der Waals surface area contributed by atoms with Crippen LogP contribution in [0.3, 0.4) is 0 Å². The molecule has 1 aromatic heterocycles. The molecule has 0 spiro atoms. The predicted octanol–water partition coefficient (Wildman–Crippen LogP) is 1.05. The van der Waals surface area contributed by atoms with Crippen LogP contribution in [0.1, 0.15) is 18.5 Å². The molecule has 2 amide bonds. The number of carbonyl (C=O) groups is 2. The summed E-state index contributed by atoms with van der Waals surface area (Å²) in [5, 5.41) is 5.44. The summed E-state index contributed by atoms with van der Waals surface area (Å²) in [6.07, 6.45) is 2.40. The Hall–Kier alpha value is -2.96. The van der Waals surface area contributed by atoms with E-state index in [-0.39, 0.29) is 18.4 Å². The van der Waals surface area contributed by atoms with Gasteiger partial charge in [0.2, 0.25) is 11.8 Å². The highest BCUT2D eigenvalue weighted by Gasteiger charge is 2.26. The zero-order chi connectivity index (χ0) is 16.9. The fourth-order valence-electron chi connectivity index (χ4n) is 2.53. The Morgan fingerprint density at radius 1 is 1.33 bits per heavy atom. The molecule has 1 aromatic carbocycles. The molecule has 2 aromatic rings. The number of rotatable bonds is 5. The largest absolute Gasteiger partial charge is 0.497 e. The van der Waals surface area contributed by atoms with Gasteiger partial charge in [0.15, 0.2) is 0 Å². The molecule has 124 valence electrons. The molecule has 0 radical (unpaired) electrons. The van der Waals surface area contributed by atoms with Gasteiger partial charge in [-0.25, -0.2) is 9.97 Å². The molecular formula is C17H18N4O3. The monoisotopic (exact) mass is 326 g/mol. The molecule has 1 atom stereocenters. The van der Waals surface area contributed by atoms with Crippen molar-refractivity contribution in [2.75, 3.05) is 7.11 Å². The maximum absolute atomic E-state index is 12.0. The SMILES string of the molecule is COc1ccc(-c2cc(CNC(=O)C3CCC(=O)N3)ncn2)cc1. The van der Waals surface area contributed by atoms with Crippen LogP contribution in [-0.2, 0) is 16.1 Å². The van der Waals surface area contributed by atoms with Gasteiger partial charge in [-0.3, -0.25) is 9.59 Å². The van der Waals surface area contributed by atoms with Crippen molar-refractivity contribution < 1.29 is 14.3 Å². The van der Waals surface area contributed by atoms with Crippen LogP contribution in [0.4, 0.5) is 0 Å². The first-order valence-corrected chi connectivity index (χ1v) is 7.68. The number of aromatic nitrogens is 2. The standard InChI is InChI=1S/C17H18N4O3/c1-24-13-4-2-11(3-5-13)15-8-12(19-10-20-15)9-18-17(23)14-6-7-16(22)21-14/h2-5,8,10,14H,6-7,9H2,1H3,(H,18,23)(H,21,22). The summed E-state index contributed by atoms with van der Waals surface area (Å²) in [5.74, 6) is 0.503. The highest BCUT2D eigenvalue weighted by Crippen LogP contribution is 2.20. The second-order valence-electron chi connectivity index (χ2n) is 5.50. The lowest BCUT2D eigenvalue weighted by Gasteiger charge is -2.11. The molecule has 0 aliphatic carbocycles. The zero-order valence-electron chi connectivity index (χ0n) is 13.3. The lowest BCUT2D eigenvalue weighted by molar-refractivity contribution is -0.125. The third-order valence-electron chi connectivity index (χ3n) is 3.87. The van der Waals surface area contributed by atoms with Crippen molar-refractivity contribution in [1.82, 2.24) is 20.6 Å². The fourth-order valence-corrected chi connectivity index (χ4v) is 2.53. The minimum Gasteiger partial charge on any atom is -0.497 e. The van der Waals surface area contributed by atoms with Crippen LogP contribution in [0, 0.1) is 0 Å². The van der Waals surface area contributed by atoms with Crippen molar-refractivity contribution in [1.29, 1.82) is 0 Å². The Bertz CT molecular complexity index is 746. The van der Waals surface area contributed by atoms with Crippen molar-refractivity contribution in [3.8, 4) is 17.0 Å². The summed E-state index contributed by atoms with van der Waals surface area (Å²) in [6.45, 7) is 0.289. The van der Waals surface area contributed by atoms with Gasteiger partial charge < -0.3 is 15.4 Å². The summed E-state index contributed by atoms with van der Waals surface area (Å²) >= 11 is 0. The van der Waals surface area contributed by atoms with Crippen LogP contribution in [0.25, 0.3) is 11.3 Å². The summed E-state index contributed by atoms with van der Waals surface area (Å²) in [5.41, 5.74) is 2.41. The highest BCUT2D eigenvalue weighted by molar-refractivity contribution is 5.90. The number of nitrogens with zero attached hydrogens (tertiary/aromatic N) is 2. The minimum absolute atomic E-state index is 0.0843.